The maximum Gasteiger partial charge on any atom is 0.335 e. The van der Waals surface area contributed by atoms with Gasteiger partial charge in [-0.25, -0.2) is 4.79 Å². The van der Waals surface area contributed by atoms with E-state index in [0.29, 0.717) is 21.3 Å². The Bertz CT molecular complexity index is 602. The largest absolute Gasteiger partial charge is 0.486 e. The van der Waals surface area contributed by atoms with Crippen LogP contribution >= 0.6 is 31.9 Å². The van der Waals surface area contributed by atoms with Crippen LogP contribution in [-0.2, 0) is 13.7 Å². The van der Waals surface area contributed by atoms with Crippen LogP contribution in [0.25, 0.3) is 0 Å². The number of rotatable bonds is 4. The molecule has 0 radical (unpaired) electrons. The van der Waals surface area contributed by atoms with Crippen LogP contribution < -0.4 is 4.74 Å². The molecule has 0 aliphatic rings. The highest BCUT2D eigenvalue weighted by atomic mass is 79.9. The molecule has 100 valence electrons. The summed E-state index contributed by atoms with van der Waals surface area (Å²) in [5, 5.41) is 13.0. The third-order valence-corrected chi connectivity index (χ3v) is 3.56. The van der Waals surface area contributed by atoms with E-state index in [9.17, 15) is 4.79 Å². The van der Waals surface area contributed by atoms with Crippen LogP contribution in [0, 0.1) is 0 Å². The number of nitrogens with zero attached hydrogens (tertiary/aromatic N) is 2. The van der Waals surface area contributed by atoms with Gasteiger partial charge < -0.3 is 9.84 Å². The van der Waals surface area contributed by atoms with Crippen LogP contribution in [0.3, 0.4) is 0 Å². The number of benzene rings is 1. The lowest BCUT2D eigenvalue weighted by Gasteiger charge is -2.10. The first-order valence-electron chi connectivity index (χ1n) is 5.30. The summed E-state index contributed by atoms with van der Waals surface area (Å²) < 4.78 is 8.52. The van der Waals surface area contributed by atoms with Crippen LogP contribution in [0.4, 0.5) is 0 Å². The molecule has 1 N–H and O–H groups in total. The highest BCUT2D eigenvalue weighted by Gasteiger charge is 2.13. The third kappa shape index (κ3) is 3.36. The smallest absolute Gasteiger partial charge is 0.335 e. The Kier molecular flexibility index (Phi) is 4.26. The minimum absolute atomic E-state index is 0.187. The molecular weight excluding hydrogens is 380 g/mol. The zero-order chi connectivity index (χ0) is 14.0. The molecule has 0 fully saturated rings. The summed E-state index contributed by atoms with van der Waals surface area (Å²) >= 11 is 6.61. The molecule has 2 aromatic rings. The van der Waals surface area contributed by atoms with E-state index in [1.165, 1.54) is 12.1 Å². The second-order valence-corrected chi connectivity index (χ2v) is 5.59. The van der Waals surface area contributed by atoms with Crippen molar-refractivity contribution < 1.29 is 14.6 Å². The predicted molar refractivity (Wildman–Crippen MR) is 76.3 cm³/mol. The number of ether oxygens (including phenoxy) is 1. The maximum absolute atomic E-state index is 10.9. The highest BCUT2D eigenvalue weighted by molar-refractivity contribution is 9.11. The van der Waals surface area contributed by atoms with Crippen molar-refractivity contribution >= 4 is 37.8 Å². The van der Waals surface area contributed by atoms with Gasteiger partial charge in [-0.3, -0.25) is 4.68 Å². The van der Waals surface area contributed by atoms with Gasteiger partial charge in [0.05, 0.1) is 20.7 Å². The van der Waals surface area contributed by atoms with E-state index in [1.807, 2.05) is 13.2 Å². The summed E-state index contributed by atoms with van der Waals surface area (Å²) in [6.45, 7) is 0.359. The van der Waals surface area contributed by atoms with E-state index in [4.69, 9.17) is 9.84 Å². The zero-order valence-corrected chi connectivity index (χ0v) is 13.1. The van der Waals surface area contributed by atoms with Gasteiger partial charge in [-0.2, -0.15) is 5.10 Å². The minimum atomic E-state index is -0.986. The van der Waals surface area contributed by atoms with Gasteiger partial charge in [-0.05, 0) is 44.0 Å². The minimum Gasteiger partial charge on any atom is -0.486 e. The highest BCUT2D eigenvalue weighted by Crippen LogP contribution is 2.35. The first kappa shape index (κ1) is 14.1. The van der Waals surface area contributed by atoms with Crippen molar-refractivity contribution in [1.82, 2.24) is 9.78 Å². The predicted octanol–water partition coefficient (Wildman–Crippen LogP) is 3.22. The van der Waals surface area contributed by atoms with Crippen molar-refractivity contribution in [2.24, 2.45) is 7.05 Å². The molecule has 0 spiro atoms. The first-order valence-corrected chi connectivity index (χ1v) is 6.88. The van der Waals surface area contributed by atoms with Gasteiger partial charge in [-0.1, -0.05) is 0 Å². The molecule has 2 rings (SSSR count). The Morgan fingerprint density at radius 3 is 2.53 bits per heavy atom. The standard InChI is InChI=1S/C12H10Br2N2O3/c1-16-5-7(4-15-16)6-19-11-9(13)2-8(12(17)18)3-10(11)14/h2-5H,6H2,1H3,(H,17,18). The molecule has 19 heavy (non-hydrogen) atoms. The van der Waals surface area contributed by atoms with Crippen molar-refractivity contribution in [3.05, 3.63) is 44.6 Å². The van der Waals surface area contributed by atoms with E-state index in [-0.39, 0.29) is 5.56 Å². The number of carbonyl (C=O) groups is 1. The summed E-state index contributed by atoms with van der Waals surface area (Å²) in [5.74, 6) is -0.422. The van der Waals surface area contributed by atoms with Crippen molar-refractivity contribution in [2.45, 2.75) is 6.61 Å². The summed E-state index contributed by atoms with van der Waals surface area (Å²) in [6, 6.07) is 3.01. The van der Waals surface area contributed by atoms with E-state index in [0.717, 1.165) is 5.56 Å². The number of carboxylic acid groups (broad SMARTS) is 1. The summed E-state index contributed by atoms with van der Waals surface area (Å²) in [7, 11) is 1.83. The molecule has 1 aromatic heterocycles. The monoisotopic (exact) mass is 388 g/mol. The van der Waals surface area contributed by atoms with E-state index in [2.05, 4.69) is 37.0 Å². The quantitative estimate of drug-likeness (QED) is 0.871. The summed E-state index contributed by atoms with van der Waals surface area (Å²) in [4.78, 5) is 10.9. The molecule has 0 bridgehead atoms. The van der Waals surface area contributed by atoms with Crippen molar-refractivity contribution in [1.29, 1.82) is 0 Å². The van der Waals surface area contributed by atoms with Crippen LogP contribution in [0.5, 0.6) is 5.75 Å². The number of aryl methyl sites for hydroxylation is 1. The van der Waals surface area contributed by atoms with Crippen LogP contribution in [0.1, 0.15) is 15.9 Å². The Hall–Kier alpha value is -1.34. The van der Waals surface area contributed by atoms with Gasteiger partial charge in [-0.15, -0.1) is 0 Å². The number of hydrogen-bond acceptors (Lipinski definition) is 3. The molecule has 1 aromatic carbocycles. The summed E-state index contributed by atoms with van der Waals surface area (Å²) in [5.41, 5.74) is 1.12. The fraction of sp³-hybridized carbons (Fsp3) is 0.167. The topological polar surface area (TPSA) is 64.3 Å². The van der Waals surface area contributed by atoms with Gasteiger partial charge in [0.15, 0.2) is 0 Å². The maximum atomic E-state index is 10.9. The molecular formula is C12H10Br2N2O3. The van der Waals surface area contributed by atoms with Crippen molar-refractivity contribution in [3.63, 3.8) is 0 Å². The van der Waals surface area contributed by atoms with E-state index in [1.54, 1.807) is 10.9 Å². The molecule has 0 aliphatic heterocycles. The van der Waals surface area contributed by atoms with Gasteiger partial charge >= 0.3 is 5.97 Å². The molecule has 0 saturated carbocycles. The molecule has 0 aliphatic carbocycles. The fourth-order valence-corrected chi connectivity index (χ4v) is 2.94. The van der Waals surface area contributed by atoms with Crippen LogP contribution in [0.15, 0.2) is 33.5 Å². The van der Waals surface area contributed by atoms with Crippen molar-refractivity contribution in [3.8, 4) is 5.75 Å². The number of aromatic carboxylic acids is 1. The molecule has 0 atom stereocenters. The molecule has 7 heteroatoms. The Balaban J connectivity index is 2.18. The fourth-order valence-electron chi connectivity index (χ4n) is 1.52. The number of carboxylic acids is 1. The number of halogens is 2. The molecule has 0 saturated heterocycles. The normalized spacial score (nSPS) is 10.5. The molecule has 0 amide bonds. The average molecular weight is 390 g/mol. The van der Waals surface area contributed by atoms with E-state index < -0.39 is 5.97 Å². The van der Waals surface area contributed by atoms with Crippen molar-refractivity contribution in [2.75, 3.05) is 0 Å². The molecule has 5 nitrogen and oxygen atoms in total. The second kappa shape index (κ2) is 5.75. The third-order valence-electron chi connectivity index (χ3n) is 2.39. The Labute approximate surface area is 126 Å². The van der Waals surface area contributed by atoms with E-state index >= 15 is 0 Å². The number of hydrogen-bond donors (Lipinski definition) is 1. The Morgan fingerprint density at radius 1 is 1.42 bits per heavy atom. The van der Waals surface area contributed by atoms with Gasteiger partial charge in [0.2, 0.25) is 0 Å². The molecule has 0 unspecified atom stereocenters. The number of aromatic nitrogens is 2. The SMILES string of the molecule is Cn1cc(COc2c(Br)cc(C(=O)O)cc2Br)cn1. The lowest BCUT2D eigenvalue weighted by Crippen LogP contribution is -2.00. The lowest BCUT2D eigenvalue weighted by atomic mass is 10.2. The van der Waals surface area contributed by atoms with Gasteiger partial charge in [0, 0.05) is 18.8 Å². The zero-order valence-electron chi connectivity index (χ0n) is 9.93. The van der Waals surface area contributed by atoms with Crippen LogP contribution in [0.2, 0.25) is 0 Å². The van der Waals surface area contributed by atoms with Gasteiger partial charge in [0.1, 0.15) is 12.4 Å². The lowest BCUT2D eigenvalue weighted by molar-refractivity contribution is 0.0696. The van der Waals surface area contributed by atoms with Crippen LogP contribution in [-0.4, -0.2) is 20.9 Å². The second-order valence-electron chi connectivity index (χ2n) is 3.89. The summed E-state index contributed by atoms with van der Waals surface area (Å²) in [6.07, 6.45) is 3.57. The first-order chi connectivity index (χ1) is 8.97. The average Bonchev–Trinajstić information content (AvgIpc) is 2.73. The molecule has 1 heterocycles. The van der Waals surface area contributed by atoms with Gasteiger partial charge in [0.25, 0.3) is 0 Å². The Morgan fingerprint density at radius 2 is 2.05 bits per heavy atom.